The van der Waals surface area contributed by atoms with Gasteiger partial charge in [0.25, 0.3) is 0 Å². The van der Waals surface area contributed by atoms with E-state index < -0.39 is 10.0 Å². The average molecular weight is 285 g/mol. The highest BCUT2D eigenvalue weighted by molar-refractivity contribution is 7.89. The Balaban J connectivity index is 1.96. The van der Waals surface area contributed by atoms with Crippen LogP contribution in [-0.2, 0) is 10.0 Å². The third-order valence-corrected chi connectivity index (χ3v) is 5.70. The third-order valence-electron chi connectivity index (χ3n) is 3.77. The first-order valence-electron chi connectivity index (χ1n) is 7.10. The van der Waals surface area contributed by atoms with Gasteiger partial charge in [0.15, 0.2) is 0 Å². The molecule has 0 unspecified atom stereocenters. The molecule has 0 saturated carbocycles. The molecule has 108 valence electrons. The van der Waals surface area contributed by atoms with Gasteiger partial charge in [-0.25, -0.2) is 12.7 Å². The van der Waals surface area contributed by atoms with Crippen LogP contribution in [0.3, 0.4) is 0 Å². The topological polar surface area (TPSA) is 66.1 Å². The summed E-state index contributed by atoms with van der Waals surface area (Å²) in [5, 5.41) is 6.76. The highest BCUT2D eigenvalue weighted by Gasteiger charge is 2.29. The van der Waals surface area contributed by atoms with Crippen molar-refractivity contribution >= 4 is 10.0 Å². The lowest BCUT2D eigenvalue weighted by molar-refractivity contribution is 0.315. The fourth-order valence-corrected chi connectivity index (χ4v) is 4.26. The fraction of sp³-hybridized carbons (Fsp3) is 0.769. The molecule has 6 heteroatoms. The number of hydrogen-bond donors (Lipinski definition) is 1. The highest BCUT2D eigenvalue weighted by atomic mass is 32.2. The van der Waals surface area contributed by atoms with Crippen molar-refractivity contribution in [2.75, 3.05) is 18.8 Å². The van der Waals surface area contributed by atoms with E-state index in [9.17, 15) is 8.42 Å². The molecule has 1 aliphatic heterocycles. The van der Waals surface area contributed by atoms with Crippen LogP contribution in [0.2, 0.25) is 0 Å². The number of piperidine rings is 1. The van der Waals surface area contributed by atoms with E-state index in [1.54, 1.807) is 10.5 Å². The number of hydrogen-bond acceptors (Lipinski definition) is 3. The van der Waals surface area contributed by atoms with Gasteiger partial charge in [0.05, 0.1) is 11.9 Å². The third kappa shape index (κ3) is 3.79. The molecule has 2 rings (SSSR count). The summed E-state index contributed by atoms with van der Waals surface area (Å²) < 4.78 is 26.2. The van der Waals surface area contributed by atoms with Crippen LogP contribution < -0.4 is 0 Å². The smallest absolute Gasteiger partial charge is 0.214 e. The minimum absolute atomic E-state index is 0.286. The normalized spacial score (nSPS) is 21.6. The van der Waals surface area contributed by atoms with E-state index in [4.69, 9.17) is 0 Å². The lowest BCUT2D eigenvalue weighted by Gasteiger charge is -2.31. The number of sulfonamides is 1. The predicted molar refractivity (Wildman–Crippen MR) is 75.4 cm³/mol. The van der Waals surface area contributed by atoms with Gasteiger partial charge in [-0.2, -0.15) is 5.10 Å². The molecular weight excluding hydrogens is 262 g/mol. The Morgan fingerprint density at radius 2 is 2.32 bits per heavy atom. The standard InChI is InChI=1S/C13H23N3O2S/c1-2-3-4-8-19(17,18)16-7-5-6-12(11-16)13-9-14-15-10-13/h9-10,12H,2-8,11H2,1H3,(H,14,15)/t12-/m0/s1. The summed E-state index contributed by atoms with van der Waals surface area (Å²) in [6.45, 7) is 3.36. The Morgan fingerprint density at radius 1 is 1.47 bits per heavy atom. The molecule has 0 spiro atoms. The number of aromatic amines is 1. The quantitative estimate of drug-likeness (QED) is 0.814. The van der Waals surface area contributed by atoms with Crippen molar-refractivity contribution in [3.05, 3.63) is 18.0 Å². The summed E-state index contributed by atoms with van der Waals surface area (Å²) >= 11 is 0. The maximum absolute atomic E-state index is 12.3. The van der Waals surface area contributed by atoms with Crippen molar-refractivity contribution < 1.29 is 8.42 Å². The number of unbranched alkanes of at least 4 members (excludes halogenated alkanes) is 2. The van der Waals surface area contributed by atoms with Crippen molar-refractivity contribution in [3.63, 3.8) is 0 Å². The fourth-order valence-electron chi connectivity index (χ4n) is 2.61. The molecular formula is C13H23N3O2S. The van der Waals surface area contributed by atoms with E-state index >= 15 is 0 Å². The highest BCUT2D eigenvalue weighted by Crippen LogP contribution is 2.27. The Labute approximate surface area is 115 Å². The molecule has 0 bridgehead atoms. The van der Waals surface area contributed by atoms with Crippen LogP contribution in [0.4, 0.5) is 0 Å². The first-order valence-corrected chi connectivity index (χ1v) is 8.71. The van der Waals surface area contributed by atoms with E-state index in [1.807, 2.05) is 6.20 Å². The molecule has 0 amide bonds. The molecule has 1 fully saturated rings. The predicted octanol–water partition coefficient (Wildman–Crippen LogP) is 2.11. The van der Waals surface area contributed by atoms with E-state index in [-0.39, 0.29) is 5.92 Å². The minimum atomic E-state index is -3.08. The zero-order valence-corrected chi connectivity index (χ0v) is 12.3. The van der Waals surface area contributed by atoms with Gasteiger partial charge in [-0.15, -0.1) is 0 Å². The number of aromatic nitrogens is 2. The molecule has 2 heterocycles. The zero-order chi connectivity index (χ0) is 13.7. The van der Waals surface area contributed by atoms with Gasteiger partial charge in [-0.1, -0.05) is 19.8 Å². The Hall–Kier alpha value is -0.880. The van der Waals surface area contributed by atoms with Gasteiger partial charge >= 0.3 is 0 Å². The molecule has 1 saturated heterocycles. The molecule has 1 N–H and O–H groups in total. The summed E-state index contributed by atoms with van der Waals surface area (Å²) in [4.78, 5) is 0. The van der Waals surface area contributed by atoms with Crippen molar-refractivity contribution in [1.82, 2.24) is 14.5 Å². The van der Waals surface area contributed by atoms with Crippen LogP contribution in [-0.4, -0.2) is 41.8 Å². The maximum Gasteiger partial charge on any atom is 0.214 e. The minimum Gasteiger partial charge on any atom is -0.285 e. The van der Waals surface area contributed by atoms with Crippen LogP contribution in [0.15, 0.2) is 12.4 Å². The van der Waals surface area contributed by atoms with Crippen LogP contribution in [0.1, 0.15) is 50.5 Å². The summed E-state index contributed by atoms with van der Waals surface area (Å²) in [5.74, 6) is 0.576. The largest absolute Gasteiger partial charge is 0.285 e. The van der Waals surface area contributed by atoms with E-state index in [0.29, 0.717) is 18.8 Å². The van der Waals surface area contributed by atoms with Gasteiger partial charge in [0, 0.05) is 25.2 Å². The molecule has 0 radical (unpaired) electrons. The van der Waals surface area contributed by atoms with E-state index in [2.05, 4.69) is 17.1 Å². The molecule has 1 aromatic rings. The van der Waals surface area contributed by atoms with Gasteiger partial charge in [-0.3, -0.25) is 5.10 Å². The summed E-state index contributed by atoms with van der Waals surface area (Å²) in [6, 6.07) is 0. The van der Waals surface area contributed by atoms with Gasteiger partial charge in [-0.05, 0) is 24.8 Å². The Kier molecular flexibility index (Phi) is 4.99. The lowest BCUT2D eigenvalue weighted by Crippen LogP contribution is -2.40. The maximum atomic E-state index is 12.3. The lowest BCUT2D eigenvalue weighted by atomic mass is 9.94. The van der Waals surface area contributed by atoms with Crippen molar-refractivity contribution in [2.24, 2.45) is 0 Å². The molecule has 0 aromatic carbocycles. The first-order chi connectivity index (χ1) is 9.13. The Bertz CT molecular complexity index is 470. The van der Waals surface area contributed by atoms with Crippen LogP contribution in [0.5, 0.6) is 0 Å². The molecule has 0 aliphatic carbocycles. The van der Waals surface area contributed by atoms with Crippen LogP contribution >= 0.6 is 0 Å². The molecule has 1 atom stereocenters. The first kappa shape index (κ1) is 14.5. The molecule has 19 heavy (non-hydrogen) atoms. The number of nitrogens with zero attached hydrogens (tertiary/aromatic N) is 2. The number of nitrogens with one attached hydrogen (secondary N) is 1. The second-order valence-corrected chi connectivity index (χ2v) is 7.34. The zero-order valence-electron chi connectivity index (χ0n) is 11.5. The van der Waals surface area contributed by atoms with Crippen molar-refractivity contribution in [2.45, 2.75) is 44.9 Å². The van der Waals surface area contributed by atoms with Gasteiger partial charge in [0.2, 0.25) is 10.0 Å². The SMILES string of the molecule is CCCCCS(=O)(=O)N1CCC[C@H](c2cn[nH]c2)C1. The second-order valence-electron chi connectivity index (χ2n) is 5.25. The van der Waals surface area contributed by atoms with Crippen LogP contribution in [0, 0.1) is 0 Å². The van der Waals surface area contributed by atoms with Crippen molar-refractivity contribution in [1.29, 1.82) is 0 Å². The second kappa shape index (κ2) is 6.52. The Morgan fingerprint density at radius 3 is 3.00 bits per heavy atom. The number of rotatable bonds is 6. The molecule has 1 aromatic heterocycles. The summed E-state index contributed by atoms with van der Waals surface area (Å²) in [6.07, 6.45) is 8.45. The monoisotopic (exact) mass is 285 g/mol. The van der Waals surface area contributed by atoms with Crippen molar-refractivity contribution in [3.8, 4) is 0 Å². The average Bonchev–Trinajstić information content (AvgIpc) is 2.93. The van der Waals surface area contributed by atoms with Gasteiger partial charge < -0.3 is 0 Å². The van der Waals surface area contributed by atoms with Crippen LogP contribution in [0.25, 0.3) is 0 Å². The molecule has 1 aliphatic rings. The summed E-state index contributed by atoms with van der Waals surface area (Å²) in [5.41, 5.74) is 1.12. The summed E-state index contributed by atoms with van der Waals surface area (Å²) in [7, 11) is -3.08. The van der Waals surface area contributed by atoms with E-state index in [1.165, 1.54) is 0 Å². The molecule has 5 nitrogen and oxygen atoms in total. The van der Waals surface area contributed by atoms with Gasteiger partial charge in [0.1, 0.15) is 0 Å². The van der Waals surface area contributed by atoms with E-state index in [0.717, 1.165) is 37.7 Å². The number of H-pyrrole nitrogens is 1.